The van der Waals surface area contributed by atoms with Crippen LogP contribution in [0.2, 0.25) is 0 Å². The lowest BCUT2D eigenvalue weighted by Crippen LogP contribution is -2.38. The quantitative estimate of drug-likeness (QED) is 0.738. The minimum absolute atomic E-state index is 0.396. The van der Waals surface area contributed by atoms with E-state index < -0.39 is 0 Å². The van der Waals surface area contributed by atoms with Crippen molar-refractivity contribution in [2.24, 2.45) is 17.3 Å². The lowest BCUT2D eigenvalue weighted by molar-refractivity contribution is 0.209. The van der Waals surface area contributed by atoms with Crippen LogP contribution in [0, 0.1) is 17.3 Å². The summed E-state index contributed by atoms with van der Waals surface area (Å²) in [5.74, 6) is 2.03. The zero-order valence-corrected chi connectivity index (χ0v) is 12.7. The van der Waals surface area contributed by atoms with Crippen LogP contribution in [0.5, 0.6) is 0 Å². The zero-order valence-electron chi connectivity index (χ0n) is 12.7. The average Bonchev–Trinajstić information content (AvgIpc) is 2.28. The first-order valence-corrected chi connectivity index (χ1v) is 7.64. The smallest absolute Gasteiger partial charge is 0.0113 e. The lowest BCUT2D eigenvalue weighted by atomic mass is 9.76. The van der Waals surface area contributed by atoms with Crippen LogP contribution in [0.3, 0.4) is 0 Å². The number of rotatable bonds is 5. The highest BCUT2D eigenvalue weighted by atomic mass is 14.9. The molecule has 0 saturated heterocycles. The normalized spacial score (nSPS) is 28.1. The average molecular weight is 239 g/mol. The van der Waals surface area contributed by atoms with Crippen molar-refractivity contribution in [1.82, 2.24) is 5.32 Å². The van der Waals surface area contributed by atoms with Crippen LogP contribution >= 0.6 is 0 Å². The first-order valence-electron chi connectivity index (χ1n) is 7.64. The van der Waals surface area contributed by atoms with Crippen molar-refractivity contribution in [1.29, 1.82) is 0 Å². The summed E-state index contributed by atoms with van der Waals surface area (Å²) >= 11 is 0. The van der Waals surface area contributed by atoms with Gasteiger partial charge in [0.2, 0.25) is 0 Å². The van der Waals surface area contributed by atoms with Crippen molar-refractivity contribution < 1.29 is 0 Å². The molecule has 3 atom stereocenters. The monoisotopic (exact) mass is 239 g/mol. The molecule has 1 aliphatic carbocycles. The summed E-state index contributed by atoms with van der Waals surface area (Å²) in [7, 11) is 2.12. The Morgan fingerprint density at radius 3 is 2.35 bits per heavy atom. The van der Waals surface area contributed by atoms with E-state index in [1.54, 1.807) is 0 Å². The van der Waals surface area contributed by atoms with E-state index in [9.17, 15) is 0 Å². The van der Waals surface area contributed by atoms with Crippen LogP contribution in [0.15, 0.2) is 0 Å². The molecule has 0 spiro atoms. The first kappa shape index (κ1) is 15.0. The SMILES string of the molecule is CCC1CCCC(CCC(NC)C(C)(C)C)C1. The van der Waals surface area contributed by atoms with Crippen LogP contribution in [0.4, 0.5) is 0 Å². The van der Waals surface area contributed by atoms with Gasteiger partial charge in [0.15, 0.2) is 0 Å². The minimum atomic E-state index is 0.396. The fourth-order valence-corrected chi connectivity index (χ4v) is 3.45. The third-order valence-corrected chi connectivity index (χ3v) is 4.73. The Morgan fingerprint density at radius 2 is 1.82 bits per heavy atom. The van der Waals surface area contributed by atoms with Crippen molar-refractivity contribution in [3.63, 3.8) is 0 Å². The predicted molar refractivity (Wildman–Crippen MR) is 77.3 cm³/mol. The van der Waals surface area contributed by atoms with Crippen LogP contribution < -0.4 is 5.32 Å². The largest absolute Gasteiger partial charge is 0.316 e. The van der Waals surface area contributed by atoms with Crippen molar-refractivity contribution in [2.45, 2.75) is 78.7 Å². The fourth-order valence-electron chi connectivity index (χ4n) is 3.45. The van der Waals surface area contributed by atoms with Crippen molar-refractivity contribution in [3.8, 4) is 0 Å². The highest BCUT2D eigenvalue weighted by molar-refractivity contribution is 4.81. The Balaban J connectivity index is 2.34. The molecule has 1 rings (SSSR count). The molecule has 1 N–H and O–H groups in total. The second-order valence-electron chi connectivity index (χ2n) is 7.09. The second kappa shape index (κ2) is 6.78. The summed E-state index contributed by atoms with van der Waals surface area (Å²) in [4.78, 5) is 0. The molecule has 0 aromatic rings. The topological polar surface area (TPSA) is 12.0 Å². The molecule has 0 aromatic carbocycles. The summed E-state index contributed by atoms with van der Waals surface area (Å²) in [5.41, 5.74) is 0.396. The molecule has 0 bridgehead atoms. The standard InChI is InChI=1S/C16H33N/c1-6-13-8-7-9-14(12-13)10-11-15(17-5)16(2,3)4/h13-15,17H,6-12H2,1-5H3. The van der Waals surface area contributed by atoms with Gasteiger partial charge in [0.25, 0.3) is 0 Å². The zero-order chi connectivity index (χ0) is 12.9. The van der Waals surface area contributed by atoms with Crippen LogP contribution in [0.1, 0.15) is 72.6 Å². The summed E-state index contributed by atoms with van der Waals surface area (Å²) < 4.78 is 0. The molecule has 3 unspecified atom stereocenters. The van der Waals surface area contributed by atoms with Gasteiger partial charge in [-0.2, -0.15) is 0 Å². The van der Waals surface area contributed by atoms with E-state index in [-0.39, 0.29) is 0 Å². The Labute approximate surface area is 109 Å². The van der Waals surface area contributed by atoms with E-state index in [1.165, 1.54) is 44.9 Å². The molecule has 1 heteroatoms. The molecule has 1 saturated carbocycles. The third kappa shape index (κ3) is 4.99. The molecule has 0 radical (unpaired) electrons. The highest BCUT2D eigenvalue weighted by Crippen LogP contribution is 2.35. The van der Waals surface area contributed by atoms with E-state index in [0.29, 0.717) is 11.5 Å². The molecule has 1 nitrogen and oxygen atoms in total. The van der Waals surface area contributed by atoms with Gasteiger partial charge in [0, 0.05) is 6.04 Å². The van der Waals surface area contributed by atoms with Crippen LogP contribution in [-0.2, 0) is 0 Å². The van der Waals surface area contributed by atoms with Gasteiger partial charge in [-0.25, -0.2) is 0 Å². The molecule has 0 amide bonds. The Kier molecular flexibility index (Phi) is 5.99. The van der Waals surface area contributed by atoms with Crippen molar-refractivity contribution in [2.75, 3.05) is 7.05 Å². The maximum Gasteiger partial charge on any atom is 0.0113 e. The summed E-state index contributed by atoms with van der Waals surface area (Å²) in [5, 5.41) is 3.51. The van der Waals surface area contributed by atoms with Crippen molar-refractivity contribution >= 4 is 0 Å². The molecular weight excluding hydrogens is 206 g/mol. The second-order valence-corrected chi connectivity index (χ2v) is 7.09. The molecule has 0 heterocycles. The van der Waals surface area contributed by atoms with Gasteiger partial charge in [-0.1, -0.05) is 53.4 Å². The number of hydrogen-bond donors (Lipinski definition) is 1. The van der Waals surface area contributed by atoms with Gasteiger partial charge in [-0.3, -0.25) is 0 Å². The fraction of sp³-hybridized carbons (Fsp3) is 1.00. The Hall–Kier alpha value is -0.0400. The summed E-state index contributed by atoms with van der Waals surface area (Å²) in [6, 6.07) is 0.671. The predicted octanol–water partition coefficient (Wildman–Crippen LogP) is 4.62. The van der Waals surface area contributed by atoms with E-state index in [2.05, 4.69) is 40.1 Å². The van der Waals surface area contributed by atoms with E-state index >= 15 is 0 Å². The maximum absolute atomic E-state index is 3.51. The highest BCUT2D eigenvalue weighted by Gasteiger charge is 2.26. The summed E-state index contributed by atoms with van der Waals surface area (Å²) in [6.45, 7) is 9.41. The maximum atomic E-state index is 3.51. The first-order chi connectivity index (χ1) is 7.97. The van der Waals surface area contributed by atoms with Gasteiger partial charge >= 0.3 is 0 Å². The minimum Gasteiger partial charge on any atom is -0.316 e. The van der Waals surface area contributed by atoms with Gasteiger partial charge in [0.1, 0.15) is 0 Å². The van der Waals surface area contributed by atoms with Crippen LogP contribution in [-0.4, -0.2) is 13.1 Å². The van der Waals surface area contributed by atoms with Crippen LogP contribution in [0.25, 0.3) is 0 Å². The van der Waals surface area contributed by atoms with E-state index in [0.717, 1.165) is 11.8 Å². The Bertz CT molecular complexity index is 204. The molecule has 1 fully saturated rings. The molecule has 1 aliphatic rings. The van der Waals surface area contributed by atoms with Gasteiger partial charge in [-0.05, 0) is 43.6 Å². The van der Waals surface area contributed by atoms with E-state index in [4.69, 9.17) is 0 Å². The molecule has 0 aromatic heterocycles. The molecule has 0 aliphatic heterocycles. The van der Waals surface area contributed by atoms with E-state index in [1.807, 2.05) is 0 Å². The Morgan fingerprint density at radius 1 is 1.18 bits per heavy atom. The van der Waals surface area contributed by atoms with Gasteiger partial charge < -0.3 is 5.32 Å². The molecule has 17 heavy (non-hydrogen) atoms. The lowest BCUT2D eigenvalue weighted by Gasteiger charge is -2.34. The van der Waals surface area contributed by atoms with Crippen molar-refractivity contribution in [3.05, 3.63) is 0 Å². The van der Waals surface area contributed by atoms with Gasteiger partial charge in [0.05, 0.1) is 0 Å². The van der Waals surface area contributed by atoms with Gasteiger partial charge in [-0.15, -0.1) is 0 Å². The number of nitrogens with one attached hydrogen (secondary N) is 1. The number of hydrogen-bond acceptors (Lipinski definition) is 1. The summed E-state index contributed by atoms with van der Waals surface area (Å²) in [6.07, 6.45) is 10.1. The molecule has 102 valence electrons. The third-order valence-electron chi connectivity index (χ3n) is 4.73. The molecular formula is C16H33N.